The Balaban J connectivity index is 1.68. The normalized spacial score (nSPS) is 28.7. The zero-order valence-corrected chi connectivity index (χ0v) is 13.3. The van der Waals surface area contributed by atoms with Gasteiger partial charge in [0.1, 0.15) is 22.7 Å². The van der Waals surface area contributed by atoms with Gasteiger partial charge in [-0.3, -0.25) is 0 Å². The average molecular weight is 327 g/mol. The number of benzene rings is 1. The number of hydrogen-bond donors (Lipinski definition) is 1. The van der Waals surface area contributed by atoms with Crippen molar-refractivity contribution in [2.24, 2.45) is 5.73 Å². The summed E-state index contributed by atoms with van der Waals surface area (Å²) in [5.41, 5.74) is 5.68. The van der Waals surface area contributed by atoms with Crippen molar-refractivity contribution in [2.75, 3.05) is 18.1 Å². The standard InChI is InChI=1S/C15H18FNO2S2/c16-13-7-10(1-2-12(13)14(17)20)19-11-3-5-18-15(8-11)4-6-21-9-15/h1-2,7,11H,3-6,8-9H2,(H2,17,20). The maximum absolute atomic E-state index is 13.9. The predicted octanol–water partition coefficient (Wildman–Crippen LogP) is 2.89. The fraction of sp³-hybridized carbons (Fsp3) is 0.533. The molecule has 2 heterocycles. The summed E-state index contributed by atoms with van der Waals surface area (Å²) in [5.74, 6) is 2.27. The Morgan fingerprint density at radius 1 is 1.52 bits per heavy atom. The SMILES string of the molecule is NC(=S)c1ccc(OC2CCOC3(CCSC3)C2)cc1F. The predicted molar refractivity (Wildman–Crippen MR) is 86.6 cm³/mol. The molecule has 0 bridgehead atoms. The molecule has 1 spiro atoms. The molecule has 1 aromatic rings. The Labute approximate surface area is 133 Å². The summed E-state index contributed by atoms with van der Waals surface area (Å²) in [6.45, 7) is 0.707. The van der Waals surface area contributed by atoms with Crippen LogP contribution in [-0.2, 0) is 4.74 Å². The molecule has 2 fully saturated rings. The smallest absolute Gasteiger partial charge is 0.137 e. The highest BCUT2D eigenvalue weighted by Crippen LogP contribution is 2.39. The van der Waals surface area contributed by atoms with Gasteiger partial charge in [0.2, 0.25) is 0 Å². The first-order valence-corrected chi connectivity index (χ1v) is 8.62. The number of thiocarbonyl (C=S) groups is 1. The largest absolute Gasteiger partial charge is 0.490 e. The van der Waals surface area contributed by atoms with E-state index in [0.717, 1.165) is 30.8 Å². The lowest BCUT2D eigenvalue weighted by Crippen LogP contribution is -2.43. The lowest BCUT2D eigenvalue weighted by atomic mass is 9.91. The van der Waals surface area contributed by atoms with Crippen LogP contribution in [0.3, 0.4) is 0 Å². The zero-order chi connectivity index (χ0) is 14.9. The van der Waals surface area contributed by atoms with Gasteiger partial charge in [0.15, 0.2) is 0 Å². The summed E-state index contributed by atoms with van der Waals surface area (Å²) in [6.07, 6.45) is 2.86. The van der Waals surface area contributed by atoms with Crippen LogP contribution >= 0.6 is 24.0 Å². The van der Waals surface area contributed by atoms with Crippen LogP contribution in [0.4, 0.5) is 4.39 Å². The lowest BCUT2D eigenvalue weighted by molar-refractivity contribution is -0.0959. The summed E-state index contributed by atoms with van der Waals surface area (Å²) in [6, 6.07) is 4.66. The number of ether oxygens (including phenoxy) is 2. The highest BCUT2D eigenvalue weighted by atomic mass is 32.2. The molecule has 2 aliphatic rings. The first-order valence-electron chi connectivity index (χ1n) is 7.06. The second-order valence-electron chi connectivity index (χ2n) is 5.57. The molecule has 3 nitrogen and oxygen atoms in total. The van der Waals surface area contributed by atoms with Crippen LogP contribution in [0.1, 0.15) is 24.8 Å². The molecule has 0 amide bonds. The average Bonchev–Trinajstić information content (AvgIpc) is 2.86. The summed E-state index contributed by atoms with van der Waals surface area (Å²) in [5, 5.41) is 0. The molecule has 21 heavy (non-hydrogen) atoms. The van der Waals surface area contributed by atoms with Crippen molar-refractivity contribution in [3.05, 3.63) is 29.6 Å². The fourth-order valence-electron chi connectivity index (χ4n) is 2.91. The van der Waals surface area contributed by atoms with Gasteiger partial charge in [0.25, 0.3) is 0 Å². The van der Waals surface area contributed by atoms with E-state index in [-0.39, 0.29) is 22.3 Å². The molecule has 2 N–H and O–H groups in total. The Bertz CT molecular complexity index is 546. The minimum absolute atomic E-state index is 0.0368. The fourth-order valence-corrected chi connectivity index (χ4v) is 4.45. The third kappa shape index (κ3) is 3.33. The number of halogens is 1. The van der Waals surface area contributed by atoms with Gasteiger partial charge in [-0.25, -0.2) is 4.39 Å². The Kier molecular flexibility index (Phi) is 4.38. The number of thioether (sulfide) groups is 1. The highest BCUT2D eigenvalue weighted by molar-refractivity contribution is 7.99. The highest BCUT2D eigenvalue weighted by Gasteiger charge is 2.41. The van der Waals surface area contributed by atoms with E-state index < -0.39 is 5.82 Å². The molecule has 2 aliphatic heterocycles. The van der Waals surface area contributed by atoms with Crippen LogP contribution < -0.4 is 10.5 Å². The minimum Gasteiger partial charge on any atom is -0.490 e. The molecule has 0 saturated carbocycles. The van der Waals surface area contributed by atoms with Gasteiger partial charge in [-0.15, -0.1) is 0 Å². The van der Waals surface area contributed by atoms with E-state index in [2.05, 4.69) is 0 Å². The van der Waals surface area contributed by atoms with Crippen LogP contribution in [0.25, 0.3) is 0 Å². The van der Waals surface area contributed by atoms with Gasteiger partial charge in [-0.05, 0) is 24.3 Å². The van der Waals surface area contributed by atoms with Gasteiger partial charge in [0.05, 0.1) is 12.2 Å². The van der Waals surface area contributed by atoms with Gasteiger partial charge in [-0.1, -0.05) is 12.2 Å². The molecule has 2 saturated heterocycles. The minimum atomic E-state index is -0.432. The molecule has 0 aromatic heterocycles. The maximum Gasteiger partial charge on any atom is 0.137 e. The third-order valence-electron chi connectivity index (χ3n) is 4.02. The van der Waals surface area contributed by atoms with E-state index in [0.29, 0.717) is 12.4 Å². The lowest BCUT2D eigenvalue weighted by Gasteiger charge is -2.37. The molecule has 114 valence electrons. The van der Waals surface area contributed by atoms with Crippen LogP contribution in [-0.4, -0.2) is 34.8 Å². The van der Waals surface area contributed by atoms with Gasteiger partial charge in [0, 0.05) is 30.2 Å². The molecule has 2 atom stereocenters. The van der Waals surface area contributed by atoms with Crippen molar-refractivity contribution in [2.45, 2.75) is 31.0 Å². The number of rotatable bonds is 3. The second kappa shape index (κ2) is 6.10. The van der Waals surface area contributed by atoms with E-state index in [1.165, 1.54) is 6.07 Å². The van der Waals surface area contributed by atoms with Crippen LogP contribution in [0.15, 0.2) is 18.2 Å². The van der Waals surface area contributed by atoms with Crippen molar-refractivity contribution in [3.8, 4) is 5.75 Å². The third-order valence-corrected chi connectivity index (χ3v) is 5.47. The van der Waals surface area contributed by atoms with Crippen molar-refractivity contribution >= 4 is 29.0 Å². The first-order chi connectivity index (χ1) is 10.1. The monoisotopic (exact) mass is 327 g/mol. The molecule has 6 heteroatoms. The summed E-state index contributed by atoms with van der Waals surface area (Å²) >= 11 is 6.73. The van der Waals surface area contributed by atoms with E-state index >= 15 is 0 Å². The zero-order valence-electron chi connectivity index (χ0n) is 11.6. The molecular formula is C15H18FNO2S2. The maximum atomic E-state index is 13.9. The van der Waals surface area contributed by atoms with E-state index in [9.17, 15) is 4.39 Å². The molecule has 0 aliphatic carbocycles. The summed E-state index contributed by atoms with van der Waals surface area (Å²) in [7, 11) is 0. The van der Waals surface area contributed by atoms with Crippen molar-refractivity contribution in [1.82, 2.24) is 0 Å². The Morgan fingerprint density at radius 3 is 3.05 bits per heavy atom. The van der Waals surface area contributed by atoms with Crippen LogP contribution in [0.5, 0.6) is 5.75 Å². The molecule has 2 unspecified atom stereocenters. The Hall–Kier alpha value is -0.850. The van der Waals surface area contributed by atoms with Crippen molar-refractivity contribution in [3.63, 3.8) is 0 Å². The molecule has 0 radical (unpaired) electrons. The quantitative estimate of drug-likeness (QED) is 0.865. The summed E-state index contributed by atoms with van der Waals surface area (Å²) in [4.78, 5) is 0.0621. The van der Waals surface area contributed by atoms with Crippen LogP contribution in [0, 0.1) is 5.82 Å². The van der Waals surface area contributed by atoms with Crippen molar-refractivity contribution in [1.29, 1.82) is 0 Å². The molecule has 1 aromatic carbocycles. The van der Waals surface area contributed by atoms with E-state index in [1.54, 1.807) is 12.1 Å². The molecular weight excluding hydrogens is 309 g/mol. The van der Waals surface area contributed by atoms with Gasteiger partial charge in [-0.2, -0.15) is 11.8 Å². The van der Waals surface area contributed by atoms with Gasteiger partial charge < -0.3 is 15.2 Å². The van der Waals surface area contributed by atoms with E-state index in [4.69, 9.17) is 27.4 Å². The second-order valence-corrected chi connectivity index (χ2v) is 7.12. The van der Waals surface area contributed by atoms with Crippen molar-refractivity contribution < 1.29 is 13.9 Å². The van der Waals surface area contributed by atoms with E-state index in [1.807, 2.05) is 11.8 Å². The Morgan fingerprint density at radius 2 is 2.38 bits per heavy atom. The topological polar surface area (TPSA) is 44.5 Å². The first kappa shape index (κ1) is 15.1. The number of nitrogens with two attached hydrogens (primary N) is 1. The summed E-state index contributed by atoms with van der Waals surface area (Å²) < 4.78 is 25.8. The molecule has 3 rings (SSSR count). The van der Waals surface area contributed by atoms with Gasteiger partial charge >= 0.3 is 0 Å². The number of hydrogen-bond acceptors (Lipinski definition) is 4. The van der Waals surface area contributed by atoms with Crippen LogP contribution in [0.2, 0.25) is 0 Å².